The minimum atomic E-state index is -0.658. The number of carbonyl (C=O) groups excluding carboxylic acids is 2. The lowest BCUT2D eigenvalue weighted by Gasteiger charge is -2.16. The van der Waals surface area contributed by atoms with Crippen LogP contribution in [0.25, 0.3) is 0 Å². The number of rotatable bonds is 7. The van der Waals surface area contributed by atoms with Crippen LogP contribution in [0.2, 0.25) is 10.0 Å². The molecule has 0 atom stereocenters. The number of halogens is 3. The van der Waals surface area contributed by atoms with Crippen LogP contribution < -0.4 is 19.7 Å². The summed E-state index contributed by atoms with van der Waals surface area (Å²) in [5.74, 6) is -0.895. The maximum Gasteiger partial charge on any atom is 0.283 e. The van der Waals surface area contributed by atoms with Gasteiger partial charge < -0.3 is 14.8 Å². The number of hydrogen-bond acceptors (Lipinski definition) is 6. The summed E-state index contributed by atoms with van der Waals surface area (Å²) in [6.07, 6.45) is 0. The zero-order chi connectivity index (χ0) is 24.4. The van der Waals surface area contributed by atoms with Crippen molar-refractivity contribution in [1.29, 1.82) is 0 Å². The number of carbonyl (C=O) groups is 2. The van der Waals surface area contributed by atoms with Crippen molar-refractivity contribution in [3.8, 4) is 11.5 Å². The van der Waals surface area contributed by atoms with Crippen molar-refractivity contribution >= 4 is 58.2 Å². The average Bonchev–Trinajstić information content (AvgIpc) is 3.06. The van der Waals surface area contributed by atoms with Gasteiger partial charge in [0.15, 0.2) is 0 Å². The number of hydrogen-bond donors (Lipinski definition) is 1. The number of nitrogens with zero attached hydrogens (tertiary/aromatic N) is 1. The van der Waals surface area contributed by atoms with E-state index in [1.807, 2.05) is 0 Å². The number of imide groups is 1. The highest BCUT2D eigenvalue weighted by Crippen LogP contribution is 2.40. The first-order chi connectivity index (χ1) is 16.3. The van der Waals surface area contributed by atoms with Crippen LogP contribution in [0.1, 0.15) is 0 Å². The highest BCUT2D eigenvalue weighted by atomic mass is 35.5. The van der Waals surface area contributed by atoms with E-state index in [4.69, 9.17) is 32.7 Å². The van der Waals surface area contributed by atoms with E-state index in [1.165, 1.54) is 26.4 Å². The lowest BCUT2D eigenvalue weighted by Crippen LogP contribution is -2.32. The molecule has 1 heterocycles. The van der Waals surface area contributed by atoms with Crippen molar-refractivity contribution in [1.82, 2.24) is 0 Å². The predicted octanol–water partition coefficient (Wildman–Crippen LogP) is 6.14. The van der Waals surface area contributed by atoms with Gasteiger partial charge in [0, 0.05) is 16.0 Å². The monoisotopic (exact) mass is 518 g/mol. The minimum absolute atomic E-state index is 0.0360. The van der Waals surface area contributed by atoms with E-state index in [2.05, 4.69) is 5.32 Å². The molecule has 0 radical (unpaired) electrons. The molecule has 4 rings (SSSR count). The molecule has 0 saturated carbocycles. The summed E-state index contributed by atoms with van der Waals surface area (Å²) >= 11 is 13.0. The van der Waals surface area contributed by atoms with E-state index < -0.39 is 17.6 Å². The second kappa shape index (κ2) is 9.97. The second-order valence-corrected chi connectivity index (χ2v) is 8.92. The first-order valence-electron chi connectivity index (χ1n) is 9.83. The third-order valence-electron chi connectivity index (χ3n) is 4.90. The molecule has 0 aromatic heterocycles. The number of benzene rings is 3. The molecule has 0 bridgehead atoms. The van der Waals surface area contributed by atoms with Gasteiger partial charge >= 0.3 is 0 Å². The predicted molar refractivity (Wildman–Crippen MR) is 131 cm³/mol. The Labute approximate surface area is 209 Å². The third kappa shape index (κ3) is 4.70. The molecule has 6 nitrogen and oxygen atoms in total. The van der Waals surface area contributed by atoms with Crippen LogP contribution in [0.4, 0.5) is 15.8 Å². The second-order valence-electron chi connectivity index (χ2n) is 7.00. The lowest BCUT2D eigenvalue weighted by molar-refractivity contribution is -0.120. The first-order valence-corrected chi connectivity index (χ1v) is 11.4. The Morgan fingerprint density at radius 3 is 2.29 bits per heavy atom. The average molecular weight is 519 g/mol. The maximum atomic E-state index is 13.7. The molecule has 0 aliphatic carbocycles. The Hall–Kier alpha value is -3.20. The number of thioether (sulfide) groups is 1. The quantitative estimate of drug-likeness (QED) is 0.379. The molecule has 10 heteroatoms. The highest BCUT2D eigenvalue weighted by Gasteiger charge is 2.40. The minimum Gasteiger partial charge on any atom is -0.497 e. The van der Waals surface area contributed by atoms with Gasteiger partial charge in [-0.2, -0.15) is 0 Å². The number of nitrogens with one attached hydrogen (secondary N) is 1. The molecule has 174 valence electrons. The van der Waals surface area contributed by atoms with Crippen molar-refractivity contribution < 1.29 is 23.5 Å². The van der Waals surface area contributed by atoms with Crippen LogP contribution in [0, 0.1) is 5.82 Å². The molecular weight excluding hydrogens is 502 g/mol. The molecule has 34 heavy (non-hydrogen) atoms. The highest BCUT2D eigenvalue weighted by molar-refractivity contribution is 8.04. The Kier molecular flexibility index (Phi) is 7.02. The van der Waals surface area contributed by atoms with Gasteiger partial charge in [-0.05, 0) is 54.6 Å². The largest absolute Gasteiger partial charge is 0.497 e. The van der Waals surface area contributed by atoms with Crippen LogP contribution in [0.5, 0.6) is 11.5 Å². The normalized spacial score (nSPS) is 13.5. The van der Waals surface area contributed by atoms with E-state index in [0.29, 0.717) is 27.1 Å². The molecule has 1 aliphatic heterocycles. The van der Waals surface area contributed by atoms with E-state index in [-0.39, 0.29) is 21.3 Å². The number of anilines is 2. The Bertz CT molecular complexity index is 1310. The van der Waals surface area contributed by atoms with Gasteiger partial charge in [0.05, 0.1) is 30.6 Å². The summed E-state index contributed by atoms with van der Waals surface area (Å²) < 4.78 is 24.3. The first kappa shape index (κ1) is 23.9. The van der Waals surface area contributed by atoms with E-state index in [9.17, 15) is 14.0 Å². The fourth-order valence-electron chi connectivity index (χ4n) is 3.23. The summed E-state index contributed by atoms with van der Waals surface area (Å²) in [7, 11) is 3.00. The van der Waals surface area contributed by atoms with Gasteiger partial charge in [0.1, 0.15) is 27.9 Å². The Balaban J connectivity index is 1.77. The molecule has 0 saturated heterocycles. The smallest absolute Gasteiger partial charge is 0.283 e. The molecule has 0 unspecified atom stereocenters. The number of methoxy groups -OCH3 is 2. The molecular formula is C24H17Cl2FN2O4S. The zero-order valence-corrected chi connectivity index (χ0v) is 20.2. The van der Waals surface area contributed by atoms with Gasteiger partial charge in [0.2, 0.25) is 0 Å². The molecule has 3 aromatic carbocycles. The SMILES string of the molecule is COc1ccc(NC2=C(Sc3ccc(Cl)cc3)C(=O)N(c3ccc(F)c(Cl)c3)C2=O)c(OC)c1. The van der Waals surface area contributed by atoms with Crippen LogP contribution >= 0.6 is 35.0 Å². The molecule has 1 aliphatic rings. The van der Waals surface area contributed by atoms with Crippen molar-refractivity contribution in [2.45, 2.75) is 4.90 Å². The van der Waals surface area contributed by atoms with E-state index in [0.717, 1.165) is 22.7 Å². The Morgan fingerprint density at radius 2 is 1.65 bits per heavy atom. The standard InChI is InChI=1S/C24H17Cl2FN2O4S/c1-32-15-6-10-19(20(12-15)33-2)28-21-22(34-16-7-3-13(25)4-8-16)24(31)29(23(21)30)14-5-9-18(27)17(26)11-14/h3-12,28H,1-2H3. The lowest BCUT2D eigenvalue weighted by atomic mass is 10.2. The van der Waals surface area contributed by atoms with Crippen LogP contribution in [-0.4, -0.2) is 26.0 Å². The fraction of sp³-hybridized carbons (Fsp3) is 0.0833. The number of ether oxygens (including phenoxy) is 2. The van der Waals surface area contributed by atoms with Gasteiger partial charge in [-0.3, -0.25) is 9.59 Å². The van der Waals surface area contributed by atoms with Crippen molar-refractivity contribution in [2.75, 3.05) is 24.4 Å². The van der Waals surface area contributed by atoms with Crippen molar-refractivity contribution in [3.05, 3.63) is 87.1 Å². The van der Waals surface area contributed by atoms with E-state index in [1.54, 1.807) is 42.5 Å². The molecule has 0 spiro atoms. The summed E-state index contributed by atoms with van der Waals surface area (Å²) in [6.45, 7) is 0. The van der Waals surface area contributed by atoms with Crippen LogP contribution in [0.3, 0.4) is 0 Å². The van der Waals surface area contributed by atoms with Crippen molar-refractivity contribution in [3.63, 3.8) is 0 Å². The molecule has 1 N–H and O–H groups in total. The summed E-state index contributed by atoms with van der Waals surface area (Å²) in [4.78, 5) is 28.6. The van der Waals surface area contributed by atoms with Crippen LogP contribution in [0.15, 0.2) is 76.2 Å². The zero-order valence-electron chi connectivity index (χ0n) is 17.9. The van der Waals surface area contributed by atoms with Gasteiger partial charge in [-0.1, -0.05) is 35.0 Å². The van der Waals surface area contributed by atoms with E-state index >= 15 is 0 Å². The van der Waals surface area contributed by atoms with Gasteiger partial charge in [-0.25, -0.2) is 9.29 Å². The summed E-state index contributed by atoms with van der Waals surface area (Å²) in [5, 5.41) is 3.37. The Morgan fingerprint density at radius 1 is 0.912 bits per heavy atom. The third-order valence-corrected chi connectivity index (χ3v) is 6.54. The topological polar surface area (TPSA) is 67.9 Å². The maximum absolute atomic E-state index is 13.7. The molecule has 0 fully saturated rings. The number of amides is 2. The molecule has 3 aromatic rings. The van der Waals surface area contributed by atoms with Crippen molar-refractivity contribution in [2.24, 2.45) is 0 Å². The summed E-state index contributed by atoms with van der Waals surface area (Å²) in [6, 6.07) is 15.5. The fourth-order valence-corrected chi connectivity index (χ4v) is 4.46. The molecule has 2 amide bonds. The summed E-state index contributed by atoms with van der Waals surface area (Å²) in [5.41, 5.74) is 0.635. The van der Waals surface area contributed by atoms with Gasteiger partial charge in [-0.15, -0.1) is 0 Å². The van der Waals surface area contributed by atoms with Crippen LogP contribution in [-0.2, 0) is 9.59 Å². The van der Waals surface area contributed by atoms with Gasteiger partial charge in [0.25, 0.3) is 11.8 Å².